The van der Waals surface area contributed by atoms with Gasteiger partial charge in [-0.3, -0.25) is 4.79 Å². The van der Waals surface area contributed by atoms with Crippen LogP contribution < -0.4 is 10.6 Å². The molecule has 0 unspecified atom stereocenters. The molecule has 0 saturated carbocycles. The van der Waals surface area contributed by atoms with Crippen LogP contribution >= 0.6 is 0 Å². The lowest BCUT2D eigenvalue weighted by Gasteiger charge is -2.29. The molecular weight excluding hydrogens is 204 g/mol. The minimum Gasteiger partial charge on any atom is -0.390 e. The summed E-state index contributed by atoms with van der Waals surface area (Å²) in [4.78, 5) is 11.8. The largest absolute Gasteiger partial charge is 0.390 e. The first-order valence-corrected chi connectivity index (χ1v) is 5.52. The summed E-state index contributed by atoms with van der Waals surface area (Å²) >= 11 is 0. The molecule has 0 aromatic heterocycles. The van der Waals surface area contributed by atoms with Gasteiger partial charge in [-0.2, -0.15) is 0 Å². The van der Waals surface area contributed by atoms with Gasteiger partial charge in [0.2, 0.25) is 0 Å². The van der Waals surface area contributed by atoms with Crippen molar-refractivity contribution in [2.75, 3.05) is 13.1 Å². The molecule has 0 spiro atoms. The van der Waals surface area contributed by atoms with E-state index in [-0.39, 0.29) is 11.9 Å². The van der Waals surface area contributed by atoms with Crippen molar-refractivity contribution in [1.82, 2.24) is 10.6 Å². The molecule has 86 valence electrons. The van der Waals surface area contributed by atoms with Crippen LogP contribution in [0.1, 0.15) is 16.8 Å². The van der Waals surface area contributed by atoms with Crippen molar-refractivity contribution in [1.29, 1.82) is 0 Å². The van der Waals surface area contributed by atoms with Crippen molar-refractivity contribution in [3.8, 4) is 0 Å². The minimum atomic E-state index is -0.499. The van der Waals surface area contributed by atoms with Gasteiger partial charge in [-0.05, 0) is 25.1 Å². The maximum atomic E-state index is 11.8. The number of benzene rings is 1. The molecule has 0 radical (unpaired) electrons. The van der Waals surface area contributed by atoms with Gasteiger partial charge in [-0.1, -0.05) is 18.2 Å². The monoisotopic (exact) mass is 220 g/mol. The van der Waals surface area contributed by atoms with Crippen LogP contribution in [-0.2, 0) is 0 Å². The number of nitrogens with one attached hydrogen (secondary N) is 2. The number of hydrogen-bond acceptors (Lipinski definition) is 3. The van der Waals surface area contributed by atoms with E-state index in [0.29, 0.717) is 12.1 Å². The Morgan fingerprint density at radius 3 is 2.81 bits per heavy atom. The summed E-state index contributed by atoms with van der Waals surface area (Å²) in [6.07, 6.45) is 0.265. The molecule has 0 bridgehead atoms. The maximum absolute atomic E-state index is 11.8. The molecular formula is C12H16N2O2. The molecule has 4 heteroatoms. The molecule has 1 saturated heterocycles. The molecule has 3 N–H and O–H groups in total. The average Bonchev–Trinajstić information content (AvgIpc) is 2.33. The van der Waals surface area contributed by atoms with Crippen molar-refractivity contribution >= 4 is 5.91 Å². The van der Waals surface area contributed by atoms with Crippen molar-refractivity contribution in [2.24, 2.45) is 0 Å². The highest BCUT2D eigenvalue weighted by atomic mass is 16.3. The molecule has 0 aliphatic carbocycles. The Kier molecular flexibility index (Phi) is 3.54. The molecule has 16 heavy (non-hydrogen) atoms. The van der Waals surface area contributed by atoms with E-state index in [1.807, 2.05) is 18.2 Å². The van der Waals surface area contributed by atoms with Crippen LogP contribution in [-0.4, -0.2) is 36.2 Å². The first-order valence-electron chi connectivity index (χ1n) is 5.52. The van der Waals surface area contributed by atoms with E-state index in [1.165, 1.54) is 0 Å². The molecule has 2 atom stereocenters. The van der Waals surface area contributed by atoms with E-state index in [4.69, 9.17) is 0 Å². The predicted octanol–water partition coefficient (Wildman–Crippen LogP) is 0.139. The summed E-state index contributed by atoms with van der Waals surface area (Å²) in [7, 11) is 0. The zero-order valence-corrected chi connectivity index (χ0v) is 9.02. The van der Waals surface area contributed by atoms with Gasteiger partial charge < -0.3 is 15.7 Å². The molecule has 4 nitrogen and oxygen atoms in total. The molecule has 1 aliphatic heterocycles. The first-order chi connectivity index (χ1) is 7.77. The van der Waals surface area contributed by atoms with Gasteiger partial charge in [0.15, 0.2) is 0 Å². The molecule has 1 amide bonds. The molecule has 1 aromatic rings. The SMILES string of the molecule is O=C(N[C@H]1CCNC[C@H]1O)c1ccccc1. The Labute approximate surface area is 94.7 Å². The third-order valence-electron chi connectivity index (χ3n) is 2.80. The number of aliphatic hydroxyl groups is 1. The lowest BCUT2D eigenvalue weighted by atomic mass is 10.0. The van der Waals surface area contributed by atoms with E-state index >= 15 is 0 Å². The Bertz CT molecular complexity index is 353. The van der Waals surface area contributed by atoms with Crippen molar-refractivity contribution in [3.05, 3.63) is 35.9 Å². The first kappa shape index (κ1) is 11.1. The normalized spacial score (nSPS) is 25.1. The summed E-state index contributed by atoms with van der Waals surface area (Å²) in [5.74, 6) is -0.119. The van der Waals surface area contributed by atoms with Crippen LogP contribution in [0, 0.1) is 0 Å². The van der Waals surface area contributed by atoms with Crippen molar-refractivity contribution in [2.45, 2.75) is 18.6 Å². The van der Waals surface area contributed by atoms with E-state index in [0.717, 1.165) is 13.0 Å². The van der Waals surface area contributed by atoms with E-state index in [1.54, 1.807) is 12.1 Å². The third kappa shape index (κ3) is 2.59. The highest BCUT2D eigenvalue weighted by Gasteiger charge is 2.24. The Hall–Kier alpha value is -1.39. The maximum Gasteiger partial charge on any atom is 0.251 e. The van der Waals surface area contributed by atoms with Crippen LogP contribution in [0.5, 0.6) is 0 Å². The zero-order chi connectivity index (χ0) is 11.4. The highest BCUT2D eigenvalue weighted by molar-refractivity contribution is 5.94. The number of piperidine rings is 1. The van der Waals surface area contributed by atoms with Gasteiger partial charge in [0, 0.05) is 12.1 Å². The second-order valence-electron chi connectivity index (χ2n) is 4.01. The zero-order valence-electron chi connectivity index (χ0n) is 9.02. The minimum absolute atomic E-state index is 0.119. The summed E-state index contributed by atoms with van der Waals surface area (Å²) in [6.45, 7) is 1.37. The second-order valence-corrected chi connectivity index (χ2v) is 4.01. The standard InChI is InChI=1S/C12H16N2O2/c15-11-8-13-7-6-10(11)14-12(16)9-4-2-1-3-5-9/h1-5,10-11,13,15H,6-8H2,(H,14,16)/t10-,11+/m0/s1. The van der Waals surface area contributed by atoms with Gasteiger partial charge in [-0.15, -0.1) is 0 Å². The molecule has 1 aromatic carbocycles. The lowest BCUT2D eigenvalue weighted by Crippen LogP contribution is -2.52. The molecule has 1 fully saturated rings. The van der Waals surface area contributed by atoms with Crippen molar-refractivity contribution in [3.63, 3.8) is 0 Å². The number of aliphatic hydroxyl groups excluding tert-OH is 1. The molecule has 1 aliphatic rings. The summed E-state index contributed by atoms with van der Waals surface area (Å²) in [6, 6.07) is 8.91. The van der Waals surface area contributed by atoms with Crippen LogP contribution in [0.2, 0.25) is 0 Å². The van der Waals surface area contributed by atoms with Crippen molar-refractivity contribution < 1.29 is 9.90 Å². The number of carbonyl (C=O) groups is 1. The number of rotatable bonds is 2. The van der Waals surface area contributed by atoms with Crippen LogP contribution in [0.3, 0.4) is 0 Å². The topological polar surface area (TPSA) is 61.4 Å². The van der Waals surface area contributed by atoms with Gasteiger partial charge in [0.05, 0.1) is 12.1 Å². The summed E-state index contributed by atoms with van der Waals surface area (Å²) in [5.41, 5.74) is 0.633. The van der Waals surface area contributed by atoms with Gasteiger partial charge in [0.1, 0.15) is 0 Å². The fourth-order valence-electron chi connectivity index (χ4n) is 1.85. The smallest absolute Gasteiger partial charge is 0.251 e. The van der Waals surface area contributed by atoms with E-state index in [2.05, 4.69) is 10.6 Å². The quantitative estimate of drug-likeness (QED) is 0.664. The van der Waals surface area contributed by atoms with Crippen LogP contribution in [0.15, 0.2) is 30.3 Å². The second kappa shape index (κ2) is 5.09. The highest BCUT2D eigenvalue weighted by Crippen LogP contribution is 2.05. The Morgan fingerprint density at radius 2 is 2.12 bits per heavy atom. The fraction of sp³-hybridized carbons (Fsp3) is 0.417. The number of hydrogen-bond donors (Lipinski definition) is 3. The predicted molar refractivity (Wildman–Crippen MR) is 61.2 cm³/mol. The fourth-order valence-corrected chi connectivity index (χ4v) is 1.85. The third-order valence-corrected chi connectivity index (χ3v) is 2.80. The number of β-amino-alcohol motifs (C(OH)–C–C–N with tert-alkyl or cyclic N) is 1. The average molecular weight is 220 g/mol. The lowest BCUT2D eigenvalue weighted by molar-refractivity contribution is 0.0765. The van der Waals surface area contributed by atoms with Crippen LogP contribution in [0.4, 0.5) is 0 Å². The Balaban J connectivity index is 1.96. The van der Waals surface area contributed by atoms with E-state index in [9.17, 15) is 9.90 Å². The Morgan fingerprint density at radius 1 is 1.38 bits per heavy atom. The van der Waals surface area contributed by atoms with E-state index < -0.39 is 6.10 Å². The summed E-state index contributed by atoms with van der Waals surface area (Å²) < 4.78 is 0. The molecule has 2 rings (SSSR count). The van der Waals surface area contributed by atoms with Gasteiger partial charge in [0.25, 0.3) is 5.91 Å². The van der Waals surface area contributed by atoms with Crippen LogP contribution in [0.25, 0.3) is 0 Å². The number of amides is 1. The van der Waals surface area contributed by atoms with Gasteiger partial charge >= 0.3 is 0 Å². The summed E-state index contributed by atoms with van der Waals surface area (Å²) in [5, 5.41) is 15.6. The molecule has 1 heterocycles. The number of carbonyl (C=O) groups excluding carboxylic acids is 1. The van der Waals surface area contributed by atoms with Gasteiger partial charge in [-0.25, -0.2) is 0 Å².